The number of benzene rings is 1. The molecule has 3 rings (SSSR count). The molecule has 0 saturated heterocycles. The molecule has 1 aliphatic rings. The third-order valence-corrected chi connectivity index (χ3v) is 3.95. The average molecular weight is 288 g/mol. The van der Waals surface area contributed by atoms with Crippen LogP contribution in [0.2, 0.25) is 0 Å². The number of nitrogens with one attached hydrogen (secondary N) is 1. The van der Waals surface area contributed by atoms with Crippen molar-refractivity contribution in [2.24, 2.45) is 0 Å². The number of hydrogen-bond donors (Lipinski definition) is 2. The number of pyridine rings is 1. The van der Waals surface area contributed by atoms with Gasteiger partial charge in [0.25, 0.3) is 5.91 Å². The third-order valence-electron chi connectivity index (χ3n) is 3.95. The van der Waals surface area contributed by atoms with E-state index in [0.717, 1.165) is 12.8 Å². The predicted octanol–water partition coefficient (Wildman–Crippen LogP) is 2.41. The summed E-state index contributed by atoms with van der Waals surface area (Å²) in [6.45, 7) is 0. The van der Waals surface area contributed by atoms with Crippen molar-refractivity contribution in [3.05, 3.63) is 41.8 Å². The first kappa shape index (κ1) is 13.9. The van der Waals surface area contributed by atoms with Gasteiger partial charge >= 0.3 is 0 Å². The number of carbonyl (C=O) groups is 1. The topological polar surface area (TPSA) is 62.2 Å². The first-order valence-corrected chi connectivity index (χ1v) is 7.16. The van der Waals surface area contributed by atoms with Crippen molar-refractivity contribution < 1.29 is 14.3 Å². The number of halogens is 1. The monoisotopic (exact) mass is 288 g/mol. The van der Waals surface area contributed by atoms with E-state index in [1.165, 1.54) is 12.1 Å². The van der Waals surface area contributed by atoms with Crippen LogP contribution in [0.25, 0.3) is 10.9 Å². The molecule has 2 aromatic rings. The van der Waals surface area contributed by atoms with Crippen LogP contribution >= 0.6 is 0 Å². The van der Waals surface area contributed by atoms with Gasteiger partial charge < -0.3 is 10.4 Å². The largest absolute Gasteiger partial charge is 0.393 e. The molecular weight excluding hydrogens is 271 g/mol. The number of carbonyl (C=O) groups excluding carboxylic acids is 1. The lowest BCUT2D eigenvalue weighted by atomic mass is 9.93. The van der Waals surface area contributed by atoms with E-state index in [1.807, 2.05) is 0 Å². The Bertz CT molecular complexity index is 666. The fraction of sp³-hybridized carbons (Fsp3) is 0.375. The Morgan fingerprint density at radius 2 is 2.05 bits per heavy atom. The molecule has 0 aliphatic heterocycles. The molecular formula is C16H17FN2O2. The highest BCUT2D eigenvalue weighted by Crippen LogP contribution is 2.21. The fourth-order valence-electron chi connectivity index (χ4n) is 2.81. The number of amides is 1. The van der Waals surface area contributed by atoms with Crippen LogP contribution in [0.4, 0.5) is 4.39 Å². The molecule has 0 bridgehead atoms. The lowest BCUT2D eigenvalue weighted by molar-refractivity contribution is 0.0868. The maximum absolute atomic E-state index is 13.6. The SMILES string of the molecule is O=C(NC1CCC(O)CC1)c1cc(F)cc2cccnc12. The fourth-order valence-corrected chi connectivity index (χ4v) is 2.81. The Morgan fingerprint density at radius 3 is 2.81 bits per heavy atom. The smallest absolute Gasteiger partial charge is 0.253 e. The van der Waals surface area contributed by atoms with E-state index in [2.05, 4.69) is 10.3 Å². The van der Waals surface area contributed by atoms with Crippen molar-refractivity contribution in [2.75, 3.05) is 0 Å². The first-order chi connectivity index (χ1) is 10.1. The molecule has 1 aromatic heterocycles. The lowest BCUT2D eigenvalue weighted by Gasteiger charge is -2.26. The van der Waals surface area contributed by atoms with Gasteiger partial charge in [-0.3, -0.25) is 9.78 Å². The molecule has 1 fully saturated rings. The second-order valence-corrected chi connectivity index (χ2v) is 5.51. The van der Waals surface area contributed by atoms with E-state index in [-0.39, 0.29) is 23.6 Å². The van der Waals surface area contributed by atoms with E-state index in [0.29, 0.717) is 23.7 Å². The maximum Gasteiger partial charge on any atom is 0.253 e. The van der Waals surface area contributed by atoms with Gasteiger partial charge in [0.05, 0.1) is 17.2 Å². The van der Waals surface area contributed by atoms with Gasteiger partial charge in [0.1, 0.15) is 5.82 Å². The van der Waals surface area contributed by atoms with Gasteiger partial charge in [0, 0.05) is 17.6 Å². The Labute approximate surface area is 122 Å². The summed E-state index contributed by atoms with van der Waals surface area (Å²) in [5.74, 6) is -0.751. The van der Waals surface area contributed by atoms with Gasteiger partial charge in [-0.05, 0) is 43.9 Å². The van der Waals surface area contributed by atoms with Gasteiger partial charge in [-0.25, -0.2) is 4.39 Å². The summed E-state index contributed by atoms with van der Waals surface area (Å²) < 4.78 is 13.6. The summed E-state index contributed by atoms with van der Waals surface area (Å²) in [5.41, 5.74) is 0.768. The van der Waals surface area contributed by atoms with Crippen LogP contribution in [-0.4, -0.2) is 28.1 Å². The molecule has 4 nitrogen and oxygen atoms in total. The zero-order chi connectivity index (χ0) is 14.8. The third kappa shape index (κ3) is 3.03. The zero-order valence-electron chi connectivity index (χ0n) is 11.6. The van der Waals surface area contributed by atoms with Crippen molar-refractivity contribution in [1.82, 2.24) is 10.3 Å². The van der Waals surface area contributed by atoms with Crippen molar-refractivity contribution in [1.29, 1.82) is 0 Å². The summed E-state index contributed by atoms with van der Waals surface area (Å²) in [7, 11) is 0. The molecule has 1 saturated carbocycles. The normalized spacial score (nSPS) is 22.2. The van der Waals surface area contributed by atoms with Crippen LogP contribution in [0.15, 0.2) is 30.5 Å². The van der Waals surface area contributed by atoms with Gasteiger partial charge in [0.2, 0.25) is 0 Å². The molecule has 110 valence electrons. The van der Waals surface area contributed by atoms with Gasteiger partial charge in [-0.1, -0.05) is 6.07 Å². The highest BCUT2D eigenvalue weighted by Gasteiger charge is 2.22. The zero-order valence-corrected chi connectivity index (χ0v) is 11.6. The Kier molecular flexibility index (Phi) is 3.84. The number of hydrogen-bond acceptors (Lipinski definition) is 3. The molecule has 21 heavy (non-hydrogen) atoms. The molecule has 0 unspecified atom stereocenters. The summed E-state index contributed by atoms with van der Waals surface area (Å²) in [6.07, 6.45) is 4.19. The highest BCUT2D eigenvalue weighted by atomic mass is 19.1. The van der Waals surface area contributed by atoms with Crippen LogP contribution in [0.5, 0.6) is 0 Å². The van der Waals surface area contributed by atoms with Crippen LogP contribution in [0, 0.1) is 5.82 Å². The summed E-state index contributed by atoms with van der Waals surface area (Å²) in [4.78, 5) is 16.6. The number of rotatable bonds is 2. The van der Waals surface area contributed by atoms with Crippen LogP contribution < -0.4 is 5.32 Å². The second-order valence-electron chi connectivity index (χ2n) is 5.51. The van der Waals surface area contributed by atoms with Crippen molar-refractivity contribution in [2.45, 2.75) is 37.8 Å². The van der Waals surface area contributed by atoms with E-state index in [1.54, 1.807) is 18.3 Å². The molecule has 0 atom stereocenters. The van der Waals surface area contributed by atoms with Crippen LogP contribution in [-0.2, 0) is 0 Å². The van der Waals surface area contributed by atoms with E-state index >= 15 is 0 Å². The molecule has 1 aliphatic carbocycles. The van der Waals surface area contributed by atoms with Crippen LogP contribution in [0.3, 0.4) is 0 Å². The highest BCUT2D eigenvalue weighted by molar-refractivity contribution is 6.05. The minimum atomic E-state index is -0.445. The number of aliphatic hydroxyl groups excluding tert-OH is 1. The average Bonchev–Trinajstić information content (AvgIpc) is 2.48. The van der Waals surface area contributed by atoms with E-state index < -0.39 is 5.82 Å². The van der Waals surface area contributed by atoms with E-state index in [9.17, 15) is 14.3 Å². The molecule has 0 spiro atoms. The van der Waals surface area contributed by atoms with Gasteiger partial charge in [-0.15, -0.1) is 0 Å². The summed E-state index contributed by atoms with van der Waals surface area (Å²) in [6, 6.07) is 6.08. The van der Waals surface area contributed by atoms with Crippen molar-refractivity contribution in [3.63, 3.8) is 0 Å². The number of aromatic nitrogens is 1. The summed E-state index contributed by atoms with van der Waals surface area (Å²) >= 11 is 0. The standard InChI is InChI=1S/C16H17FN2O2/c17-11-8-10-2-1-7-18-15(10)14(9-11)16(21)19-12-3-5-13(20)6-4-12/h1-2,7-9,12-13,20H,3-6H2,(H,19,21). The van der Waals surface area contributed by atoms with Gasteiger partial charge in [-0.2, -0.15) is 0 Å². The molecule has 2 N–H and O–H groups in total. The minimum absolute atomic E-state index is 0.0305. The predicted molar refractivity (Wildman–Crippen MR) is 77.4 cm³/mol. The van der Waals surface area contributed by atoms with Gasteiger partial charge in [0.15, 0.2) is 0 Å². The quantitative estimate of drug-likeness (QED) is 0.892. The molecule has 5 heteroatoms. The van der Waals surface area contributed by atoms with Crippen LogP contribution in [0.1, 0.15) is 36.0 Å². The number of aliphatic hydroxyl groups is 1. The minimum Gasteiger partial charge on any atom is -0.393 e. The molecule has 1 amide bonds. The molecule has 1 heterocycles. The second kappa shape index (κ2) is 5.77. The van der Waals surface area contributed by atoms with Crippen molar-refractivity contribution >= 4 is 16.8 Å². The van der Waals surface area contributed by atoms with E-state index in [4.69, 9.17) is 0 Å². The summed E-state index contributed by atoms with van der Waals surface area (Å²) in [5, 5.41) is 13.0. The number of nitrogens with zero attached hydrogens (tertiary/aromatic N) is 1. The Hall–Kier alpha value is -2.01. The number of fused-ring (bicyclic) bond motifs is 1. The molecule has 0 radical (unpaired) electrons. The Morgan fingerprint density at radius 1 is 1.29 bits per heavy atom. The maximum atomic E-state index is 13.6. The Balaban J connectivity index is 1.84. The lowest BCUT2D eigenvalue weighted by Crippen LogP contribution is -2.38. The first-order valence-electron chi connectivity index (χ1n) is 7.16. The van der Waals surface area contributed by atoms with Crippen molar-refractivity contribution in [3.8, 4) is 0 Å². The molecule has 1 aromatic carbocycles.